The monoisotopic (exact) mass is 257 g/mol. The summed E-state index contributed by atoms with van der Waals surface area (Å²) in [6, 6.07) is 0. The van der Waals surface area contributed by atoms with Gasteiger partial charge in [-0.15, -0.1) is 5.10 Å². The Morgan fingerprint density at radius 3 is 2.56 bits per heavy atom. The topological polar surface area (TPSA) is 97.5 Å². The SMILES string of the molecule is CC(C)(C)c1c(C(=O)O)nnn1CCOCCO. The second-order valence-corrected chi connectivity index (χ2v) is 4.90. The molecule has 0 aliphatic rings. The van der Waals surface area contributed by atoms with E-state index in [0.29, 0.717) is 18.8 Å². The lowest BCUT2D eigenvalue weighted by Crippen LogP contribution is -2.23. The molecule has 0 radical (unpaired) electrons. The van der Waals surface area contributed by atoms with E-state index in [9.17, 15) is 4.79 Å². The summed E-state index contributed by atoms with van der Waals surface area (Å²) in [6.45, 7) is 6.70. The highest BCUT2D eigenvalue weighted by molar-refractivity contribution is 5.86. The number of hydrogen-bond donors (Lipinski definition) is 2. The number of carbonyl (C=O) groups is 1. The number of rotatable bonds is 6. The largest absolute Gasteiger partial charge is 0.476 e. The summed E-state index contributed by atoms with van der Waals surface area (Å²) >= 11 is 0. The van der Waals surface area contributed by atoms with Crippen molar-refractivity contribution >= 4 is 5.97 Å². The predicted molar refractivity (Wildman–Crippen MR) is 63.6 cm³/mol. The smallest absolute Gasteiger partial charge is 0.358 e. The van der Waals surface area contributed by atoms with Crippen LogP contribution in [0.3, 0.4) is 0 Å². The molecule has 18 heavy (non-hydrogen) atoms. The number of carboxylic acid groups (broad SMARTS) is 1. The summed E-state index contributed by atoms with van der Waals surface area (Å²) in [5.74, 6) is -1.08. The minimum atomic E-state index is -1.08. The quantitative estimate of drug-likeness (QED) is 0.710. The van der Waals surface area contributed by atoms with E-state index in [1.165, 1.54) is 0 Å². The van der Waals surface area contributed by atoms with Gasteiger partial charge in [-0.1, -0.05) is 26.0 Å². The molecule has 7 heteroatoms. The van der Waals surface area contributed by atoms with Crippen LogP contribution in [0, 0.1) is 0 Å². The molecule has 0 aliphatic carbocycles. The molecule has 1 rings (SSSR count). The number of nitrogens with zero attached hydrogens (tertiary/aromatic N) is 3. The first-order valence-electron chi connectivity index (χ1n) is 5.73. The van der Waals surface area contributed by atoms with E-state index in [1.54, 1.807) is 4.68 Å². The zero-order valence-electron chi connectivity index (χ0n) is 10.9. The number of aliphatic hydroxyl groups excluding tert-OH is 1. The van der Waals surface area contributed by atoms with Crippen molar-refractivity contribution in [1.82, 2.24) is 15.0 Å². The number of aromatic carboxylic acids is 1. The van der Waals surface area contributed by atoms with Crippen molar-refractivity contribution in [3.8, 4) is 0 Å². The maximum absolute atomic E-state index is 11.1. The number of aromatic nitrogens is 3. The van der Waals surface area contributed by atoms with Gasteiger partial charge in [0.2, 0.25) is 0 Å². The summed E-state index contributed by atoms with van der Waals surface area (Å²) in [7, 11) is 0. The average Bonchev–Trinajstić information content (AvgIpc) is 2.68. The van der Waals surface area contributed by atoms with Gasteiger partial charge in [0, 0.05) is 5.41 Å². The van der Waals surface area contributed by atoms with Gasteiger partial charge in [0.1, 0.15) is 0 Å². The van der Waals surface area contributed by atoms with Gasteiger partial charge in [-0.05, 0) is 0 Å². The van der Waals surface area contributed by atoms with Gasteiger partial charge in [0.25, 0.3) is 0 Å². The van der Waals surface area contributed by atoms with Gasteiger partial charge in [-0.25, -0.2) is 9.48 Å². The lowest BCUT2D eigenvalue weighted by atomic mass is 9.90. The molecule has 0 amide bonds. The molecule has 1 aromatic heterocycles. The molecule has 1 aromatic rings. The van der Waals surface area contributed by atoms with Crippen LogP contribution in [0.1, 0.15) is 37.0 Å². The van der Waals surface area contributed by atoms with E-state index in [4.69, 9.17) is 14.9 Å². The van der Waals surface area contributed by atoms with Crippen LogP contribution in [0.5, 0.6) is 0 Å². The minimum absolute atomic E-state index is 0.0235. The van der Waals surface area contributed by atoms with Crippen molar-refractivity contribution in [3.05, 3.63) is 11.4 Å². The second-order valence-electron chi connectivity index (χ2n) is 4.90. The molecule has 0 saturated heterocycles. The lowest BCUT2D eigenvalue weighted by molar-refractivity contribution is 0.0686. The van der Waals surface area contributed by atoms with E-state index in [-0.39, 0.29) is 24.3 Å². The minimum Gasteiger partial charge on any atom is -0.476 e. The summed E-state index contributed by atoms with van der Waals surface area (Å²) < 4.78 is 6.68. The van der Waals surface area contributed by atoms with Gasteiger partial charge >= 0.3 is 5.97 Å². The molecule has 0 spiro atoms. The fourth-order valence-corrected chi connectivity index (χ4v) is 1.67. The number of carboxylic acids is 1. The average molecular weight is 257 g/mol. The van der Waals surface area contributed by atoms with Crippen LogP contribution in [0.25, 0.3) is 0 Å². The van der Waals surface area contributed by atoms with E-state index in [2.05, 4.69) is 10.3 Å². The first kappa shape index (κ1) is 14.6. The molecule has 0 aromatic carbocycles. The maximum Gasteiger partial charge on any atom is 0.358 e. The summed E-state index contributed by atoms with van der Waals surface area (Å²) in [5.41, 5.74) is 0.182. The van der Waals surface area contributed by atoms with Gasteiger partial charge in [-0.3, -0.25) is 0 Å². The third-order valence-electron chi connectivity index (χ3n) is 2.33. The predicted octanol–water partition coefficient (Wildman–Crippen LogP) is 0.283. The number of aliphatic hydroxyl groups is 1. The highest BCUT2D eigenvalue weighted by Crippen LogP contribution is 2.24. The highest BCUT2D eigenvalue weighted by Gasteiger charge is 2.28. The molecule has 0 saturated carbocycles. The van der Waals surface area contributed by atoms with E-state index in [1.807, 2.05) is 20.8 Å². The van der Waals surface area contributed by atoms with E-state index < -0.39 is 5.97 Å². The molecule has 0 unspecified atom stereocenters. The lowest BCUT2D eigenvalue weighted by Gasteiger charge is -2.20. The number of hydrogen-bond acceptors (Lipinski definition) is 5. The molecule has 2 N–H and O–H groups in total. The fourth-order valence-electron chi connectivity index (χ4n) is 1.67. The molecule has 0 fully saturated rings. The van der Waals surface area contributed by atoms with Crippen LogP contribution < -0.4 is 0 Å². The van der Waals surface area contributed by atoms with Gasteiger partial charge < -0.3 is 14.9 Å². The van der Waals surface area contributed by atoms with Crippen LogP contribution in [-0.2, 0) is 16.7 Å². The Bertz CT molecular complexity index is 409. The van der Waals surface area contributed by atoms with Gasteiger partial charge in [0.05, 0.1) is 32.1 Å². The molecular formula is C11H19N3O4. The van der Waals surface area contributed by atoms with Crippen LogP contribution in [0.15, 0.2) is 0 Å². The summed E-state index contributed by atoms with van der Waals surface area (Å²) in [5, 5.41) is 25.2. The van der Waals surface area contributed by atoms with E-state index >= 15 is 0 Å². The van der Waals surface area contributed by atoms with Crippen molar-refractivity contribution in [2.24, 2.45) is 0 Å². The Balaban J connectivity index is 2.88. The summed E-state index contributed by atoms with van der Waals surface area (Å²) in [6.07, 6.45) is 0. The molecule has 0 bridgehead atoms. The second kappa shape index (κ2) is 5.92. The Morgan fingerprint density at radius 2 is 2.06 bits per heavy atom. The standard InChI is InChI=1S/C11H19N3O4/c1-11(2,3)9-8(10(16)17)12-13-14(9)4-6-18-7-5-15/h15H,4-7H2,1-3H3,(H,16,17). The zero-order valence-corrected chi connectivity index (χ0v) is 10.9. The number of ether oxygens (including phenoxy) is 1. The fraction of sp³-hybridized carbons (Fsp3) is 0.727. The third-order valence-corrected chi connectivity index (χ3v) is 2.33. The van der Waals surface area contributed by atoms with Gasteiger partial charge in [-0.2, -0.15) is 0 Å². The normalized spacial score (nSPS) is 11.8. The van der Waals surface area contributed by atoms with Crippen molar-refractivity contribution < 1.29 is 19.7 Å². The Labute approximate surface area is 105 Å². The van der Waals surface area contributed by atoms with Crippen LogP contribution in [0.2, 0.25) is 0 Å². The van der Waals surface area contributed by atoms with Crippen LogP contribution >= 0.6 is 0 Å². The molecule has 102 valence electrons. The van der Waals surface area contributed by atoms with Crippen molar-refractivity contribution in [1.29, 1.82) is 0 Å². The molecule has 1 heterocycles. The Morgan fingerprint density at radius 1 is 1.39 bits per heavy atom. The first-order valence-corrected chi connectivity index (χ1v) is 5.73. The van der Waals surface area contributed by atoms with E-state index in [0.717, 1.165) is 0 Å². The first-order chi connectivity index (χ1) is 8.38. The van der Waals surface area contributed by atoms with Crippen molar-refractivity contribution in [2.45, 2.75) is 32.7 Å². The molecule has 7 nitrogen and oxygen atoms in total. The Hall–Kier alpha value is -1.47. The highest BCUT2D eigenvalue weighted by atomic mass is 16.5. The zero-order chi connectivity index (χ0) is 13.8. The molecule has 0 atom stereocenters. The van der Waals surface area contributed by atoms with Crippen molar-refractivity contribution in [3.63, 3.8) is 0 Å². The van der Waals surface area contributed by atoms with Crippen LogP contribution in [0.4, 0.5) is 0 Å². The third kappa shape index (κ3) is 3.51. The Kier molecular flexibility index (Phi) is 4.80. The van der Waals surface area contributed by atoms with Crippen molar-refractivity contribution in [2.75, 3.05) is 19.8 Å². The van der Waals surface area contributed by atoms with Gasteiger partial charge in [0.15, 0.2) is 5.69 Å². The maximum atomic E-state index is 11.1. The molecular weight excluding hydrogens is 238 g/mol. The summed E-state index contributed by atoms with van der Waals surface area (Å²) in [4.78, 5) is 11.1. The van der Waals surface area contributed by atoms with Crippen LogP contribution in [-0.4, -0.2) is 51.0 Å². The molecule has 0 aliphatic heterocycles.